The maximum atomic E-state index is 13.4. The lowest BCUT2D eigenvalue weighted by Crippen LogP contribution is -2.38. The van der Waals surface area contributed by atoms with E-state index < -0.39 is 33.2 Å². The van der Waals surface area contributed by atoms with Crippen LogP contribution in [0.1, 0.15) is 6.92 Å². The summed E-state index contributed by atoms with van der Waals surface area (Å²) in [5.74, 6) is -1.33. The molecule has 0 radical (unpaired) electrons. The number of carbonyl (C=O) groups excluding carboxylic acids is 1. The third kappa shape index (κ3) is 3.90. The van der Waals surface area contributed by atoms with Crippen LogP contribution in [0.15, 0.2) is 23.1 Å². The molecule has 3 N–H and O–H groups in total. The highest BCUT2D eigenvalue weighted by Crippen LogP contribution is 2.17. The summed E-state index contributed by atoms with van der Waals surface area (Å²) in [6.07, 6.45) is 0. The van der Waals surface area contributed by atoms with Crippen molar-refractivity contribution in [2.24, 2.45) is 0 Å². The Morgan fingerprint density at radius 1 is 1.47 bits per heavy atom. The molecule has 0 spiro atoms. The third-order valence-corrected chi connectivity index (χ3v) is 3.97. The number of rotatable bonds is 5. The molecule has 0 fully saturated rings. The second kappa shape index (κ2) is 5.98. The minimum Gasteiger partial charge on any atom is -0.399 e. The van der Waals surface area contributed by atoms with E-state index in [0.717, 1.165) is 12.1 Å². The van der Waals surface area contributed by atoms with Gasteiger partial charge in [0.2, 0.25) is 15.9 Å². The van der Waals surface area contributed by atoms with Gasteiger partial charge in [-0.25, -0.2) is 17.5 Å². The standard InChI is InChI=1S/C11H16FN3O3S/c1-3-15(2)11(16)7-14-19(17,18)10-6-8(13)4-5-9(10)12/h4-6,14H,3,7,13H2,1-2H3. The Labute approximate surface area is 111 Å². The third-order valence-electron chi connectivity index (χ3n) is 2.56. The summed E-state index contributed by atoms with van der Waals surface area (Å²) < 4.78 is 39.2. The first-order valence-electron chi connectivity index (χ1n) is 5.56. The van der Waals surface area contributed by atoms with Crippen molar-refractivity contribution in [3.8, 4) is 0 Å². The molecule has 8 heteroatoms. The van der Waals surface area contributed by atoms with Crippen LogP contribution in [0.5, 0.6) is 0 Å². The van der Waals surface area contributed by atoms with Crippen molar-refractivity contribution in [3.63, 3.8) is 0 Å². The number of amides is 1. The molecule has 1 aromatic carbocycles. The van der Waals surface area contributed by atoms with Gasteiger partial charge in [0.15, 0.2) is 0 Å². The van der Waals surface area contributed by atoms with Gasteiger partial charge in [0.1, 0.15) is 10.7 Å². The van der Waals surface area contributed by atoms with Crippen LogP contribution in [0.2, 0.25) is 0 Å². The van der Waals surface area contributed by atoms with E-state index in [0.29, 0.717) is 6.54 Å². The van der Waals surface area contributed by atoms with Gasteiger partial charge >= 0.3 is 0 Å². The normalized spacial score (nSPS) is 11.3. The van der Waals surface area contributed by atoms with Gasteiger partial charge in [-0.2, -0.15) is 0 Å². The number of halogens is 1. The van der Waals surface area contributed by atoms with Crippen LogP contribution in [-0.2, 0) is 14.8 Å². The molecule has 0 unspecified atom stereocenters. The maximum Gasteiger partial charge on any atom is 0.244 e. The average molecular weight is 289 g/mol. The predicted molar refractivity (Wildman–Crippen MR) is 69.3 cm³/mol. The lowest BCUT2D eigenvalue weighted by molar-refractivity contribution is -0.128. The van der Waals surface area contributed by atoms with Crippen molar-refractivity contribution in [1.82, 2.24) is 9.62 Å². The quantitative estimate of drug-likeness (QED) is 0.755. The van der Waals surface area contributed by atoms with Gasteiger partial charge in [0.25, 0.3) is 0 Å². The molecule has 0 aliphatic carbocycles. The van der Waals surface area contributed by atoms with Crippen molar-refractivity contribution in [2.45, 2.75) is 11.8 Å². The zero-order valence-corrected chi connectivity index (χ0v) is 11.5. The Balaban J connectivity index is 2.88. The fourth-order valence-corrected chi connectivity index (χ4v) is 2.36. The summed E-state index contributed by atoms with van der Waals surface area (Å²) in [5.41, 5.74) is 5.54. The number of nitrogens with zero attached hydrogens (tertiary/aromatic N) is 1. The fraction of sp³-hybridized carbons (Fsp3) is 0.364. The highest BCUT2D eigenvalue weighted by molar-refractivity contribution is 7.89. The predicted octanol–water partition coefficient (Wildman–Crippen LogP) is 0.165. The molecule has 19 heavy (non-hydrogen) atoms. The van der Waals surface area contributed by atoms with Gasteiger partial charge in [-0.15, -0.1) is 0 Å². The van der Waals surface area contributed by atoms with E-state index in [2.05, 4.69) is 0 Å². The molecule has 6 nitrogen and oxygen atoms in total. The molecular formula is C11H16FN3O3S. The van der Waals surface area contributed by atoms with E-state index in [9.17, 15) is 17.6 Å². The zero-order valence-electron chi connectivity index (χ0n) is 10.7. The Hall–Kier alpha value is -1.67. The van der Waals surface area contributed by atoms with Crippen LogP contribution < -0.4 is 10.5 Å². The largest absolute Gasteiger partial charge is 0.399 e. The van der Waals surface area contributed by atoms with Crippen molar-refractivity contribution in [1.29, 1.82) is 0 Å². The van der Waals surface area contributed by atoms with E-state index >= 15 is 0 Å². The number of hydrogen-bond donors (Lipinski definition) is 2. The fourth-order valence-electron chi connectivity index (χ4n) is 1.27. The molecule has 106 valence electrons. The lowest BCUT2D eigenvalue weighted by Gasteiger charge is -2.15. The van der Waals surface area contributed by atoms with Gasteiger partial charge in [-0.3, -0.25) is 4.79 Å². The van der Waals surface area contributed by atoms with Gasteiger partial charge in [0.05, 0.1) is 6.54 Å². The summed E-state index contributed by atoms with van der Waals surface area (Å²) in [6.45, 7) is 1.78. The van der Waals surface area contributed by atoms with Crippen LogP contribution >= 0.6 is 0 Å². The van der Waals surface area contributed by atoms with Crippen LogP contribution in [0, 0.1) is 5.82 Å². The van der Waals surface area contributed by atoms with Gasteiger partial charge in [-0.1, -0.05) is 0 Å². The van der Waals surface area contributed by atoms with Crippen molar-refractivity contribution in [3.05, 3.63) is 24.0 Å². The van der Waals surface area contributed by atoms with Crippen LogP contribution in [0.25, 0.3) is 0 Å². The van der Waals surface area contributed by atoms with Gasteiger partial charge in [-0.05, 0) is 25.1 Å². The van der Waals surface area contributed by atoms with Gasteiger partial charge in [0, 0.05) is 19.3 Å². The number of anilines is 1. The Bertz CT molecular complexity index is 575. The molecule has 0 saturated heterocycles. The van der Waals surface area contributed by atoms with E-state index in [1.165, 1.54) is 18.0 Å². The first-order valence-corrected chi connectivity index (χ1v) is 7.05. The number of nitrogens with one attached hydrogen (secondary N) is 1. The molecular weight excluding hydrogens is 273 g/mol. The highest BCUT2D eigenvalue weighted by atomic mass is 32.2. The highest BCUT2D eigenvalue weighted by Gasteiger charge is 2.20. The second-order valence-electron chi connectivity index (χ2n) is 3.92. The topological polar surface area (TPSA) is 92.5 Å². The molecule has 0 bridgehead atoms. The monoisotopic (exact) mass is 289 g/mol. The number of carbonyl (C=O) groups is 1. The van der Waals surface area contributed by atoms with Crippen LogP contribution in [-0.4, -0.2) is 39.4 Å². The number of sulfonamides is 1. The molecule has 0 heterocycles. The first-order chi connectivity index (χ1) is 8.77. The second-order valence-corrected chi connectivity index (χ2v) is 5.66. The summed E-state index contributed by atoms with van der Waals surface area (Å²) in [4.78, 5) is 12.3. The molecule has 1 amide bonds. The first kappa shape index (κ1) is 15.4. The number of hydrogen-bond acceptors (Lipinski definition) is 4. The summed E-state index contributed by atoms with van der Waals surface area (Å²) >= 11 is 0. The van der Waals surface area contributed by atoms with E-state index in [-0.39, 0.29) is 5.69 Å². The summed E-state index contributed by atoms with van der Waals surface area (Å²) in [7, 11) is -2.56. The number of likely N-dealkylation sites (N-methyl/N-ethyl adjacent to an activating group) is 1. The molecule has 0 aromatic heterocycles. The number of benzene rings is 1. The van der Waals surface area contributed by atoms with E-state index in [1.54, 1.807) is 6.92 Å². The van der Waals surface area contributed by atoms with Gasteiger partial charge < -0.3 is 10.6 Å². The zero-order chi connectivity index (χ0) is 14.6. The smallest absolute Gasteiger partial charge is 0.244 e. The maximum absolute atomic E-state index is 13.4. The minimum absolute atomic E-state index is 0.124. The average Bonchev–Trinajstić information content (AvgIpc) is 2.37. The minimum atomic E-state index is -4.10. The van der Waals surface area contributed by atoms with Crippen molar-refractivity contribution >= 4 is 21.6 Å². The SMILES string of the molecule is CCN(C)C(=O)CNS(=O)(=O)c1cc(N)ccc1F. The number of nitrogen functional groups attached to an aromatic ring is 1. The lowest BCUT2D eigenvalue weighted by atomic mass is 10.3. The van der Waals surface area contributed by atoms with Crippen LogP contribution in [0.3, 0.4) is 0 Å². The molecule has 0 atom stereocenters. The van der Waals surface area contributed by atoms with Crippen molar-refractivity contribution < 1.29 is 17.6 Å². The number of nitrogens with two attached hydrogens (primary N) is 1. The molecule has 0 saturated carbocycles. The Kier molecular flexibility index (Phi) is 4.84. The summed E-state index contributed by atoms with van der Waals surface area (Å²) in [5, 5.41) is 0. The molecule has 0 aliphatic rings. The van der Waals surface area contributed by atoms with Crippen LogP contribution in [0.4, 0.5) is 10.1 Å². The van der Waals surface area contributed by atoms with E-state index in [1.807, 2.05) is 4.72 Å². The summed E-state index contributed by atoms with van der Waals surface area (Å²) in [6, 6.07) is 3.22. The van der Waals surface area contributed by atoms with Crippen molar-refractivity contribution in [2.75, 3.05) is 25.9 Å². The Morgan fingerprint density at radius 2 is 2.11 bits per heavy atom. The molecule has 0 aliphatic heterocycles. The molecule has 1 aromatic rings. The van der Waals surface area contributed by atoms with E-state index in [4.69, 9.17) is 5.73 Å². The molecule has 1 rings (SSSR count). The Morgan fingerprint density at radius 3 is 2.68 bits per heavy atom.